The first-order valence-electron chi connectivity index (χ1n) is 8.27. The Labute approximate surface area is 161 Å². The number of anilines is 1. The fraction of sp³-hybridized carbons (Fsp3) is 0.316. The number of rotatable bonds is 7. The highest BCUT2D eigenvalue weighted by atomic mass is 79.9. The van der Waals surface area contributed by atoms with Crippen LogP contribution in [0.1, 0.15) is 31.9 Å². The Morgan fingerprint density at radius 1 is 1.23 bits per heavy atom. The Bertz CT molecular complexity index is 748. The van der Waals surface area contributed by atoms with Gasteiger partial charge in [-0.05, 0) is 52.7 Å². The van der Waals surface area contributed by atoms with Crippen molar-refractivity contribution >= 4 is 33.6 Å². The maximum Gasteiger partial charge on any atom is 0.230 e. The lowest BCUT2D eigenvalue weighted by Crippen LogP contribution is -2.36. The molecule has 26 heavy (non-hydrogen) atoms. The lowest BCUT2D eigenvalue weighted by Gasteiger charge is -2.24. The third kappa shape index (κ3) is 5.29. The van der Waals surface area contributed by atoms with Gasteiger partial charge < -0.3 is 10.1 Å². The Kier molecular flexibility index (Phi) is 7.15. The first kappa shape index (κ1) is 19.9. The van der Waals surface area contributed by atoms with Crippen molar-refractivity contribution in [3.63, 3.8) is 0 Å². The van der Waals surface area contributed by atoms with Gasteiger partial charge in [-0.2, -0.15) is 0 Å². The summed E-state index contributed by atoms with van der Waals surface area (Å²) in [5, 5.41) is 2.85. The van der Waals surface area contributed by atoms with E-state index in [2.05, 4.69) is 26.2 Å². The van der Waals surface area contributed by atoms with Crippen LogP contribution in [0.5, 0.6) is 5.75 Å². The van der Waals surface area contributed by atoms with Crippen molar-refractivity contribution in [2.45, 2.75) is 26.3 Å². The van der Waals surface area contributed by atoms with E-state index >= 15 is 0 Å². The van der Waals surface area contributed by atoms with Crippen molar-refractivity contribution in [2.24, 2.45) is 0 Å². The van der Waals surface area contributed by atoms with E-state index in [9.17, 15) is 9.59 Å². The molecule has 0 radical (unpaired) electrons. The number of methoxy groups -OCH3 is 1. The normalized spacial score (nSPS) is 11.5. The third-order valence-electron chi connectivity index (χ3n) is 3.88. The summed E-state index contributed by atoms with van der Waals surface area (Å²) in [5.74, 6) is 0.994. The van der Waals surface area contributed by atoms with Crippen molar-refractivity contribution in [1.29, 1.82) is 0 Å². The minimum atomic E-state index is -0.421. The molecule has 1 aromatic heterocycles. The third-order valence-corrected chi connectivity index (χ3v) is 4.35. The van der Waals surface area contributed by atoms with Crippen LogP contribution in [0.3, 0.4) is 0 Å². The molecule has 0 bridgehead atoms. The van der Waals surface area contributed by atoms with Gasteiger partial charge in [-0.15, -0.1) is 0 Å². The lowest BCUT2D eigenvalue weighted by atomic mass is 10.0. The van der Waals surface area contributed by atoms with Crippen LogP contribution < -0.4 is 15.0 Å². The van der Waals surface area contributed by atoms with E-state index in [0.29, 0.717) is 12.4 Å². The summed E-state index contributed by atoms with van der Waals surface area (Å²) in [7, 11) is 1.59. The van der Waals surface area contributed by atoms with Crippen LogP contribution >= 0.6 is 15.9 Å². The van der Waals surface area contributed by atoms with Gasteiger partial charge in [0.1, 0.15) is 11.6 Å². The summed E-state index contributed by atoms with van der Waals surface area (Å²) >= 11 is 3.34. The van der Waals surface area contributed by atoms with Gasteiger partial charge >= 0.3 is 0 Å². The fourth-order valence-corrected chi connectivity index (χ4v) is 2.85. The highest BCUT2D eigenvalue weighted by Crippen LogP contribution is 2.23. The van der Waals surface area contributed by atoms with E-state index in [0.717, 1.165) is 15.8 Å². The van der Waals surface area contributed by atoms with Crippen molar-refractivity contribution in [2.75, 3.05) is 18.6 Å². The number of carbonyl (C=O) groups is 2. The van der Waals surface area contributed by atoms with Crippen molar-refractivity contribution in [3.8, 4) is 5.75 Å². The number of amides is 2. The number of carbonyl (C=O) groups excluding carboxylic acids is 2. The number of nitrogens with zero attached hydrogens (tertiary/aromatic N) is 2. The van der Waals surface area contributed by atoms with Crippen LogP contribution in [0.15, 0.2) is 47.1 Å². The highest BCUT2D eigenvalue weighted by Gasteiger charge is 2.22. The second kappa shape index (κ2) is 9.33. The molecule has 1 aromatic carbocycles. The minimum absolute atomic E-state index is 0.114. The zero-order valence-electron chi connectivity index (χ0n) is 15.0. The summed E-state index contributed by atoms with van der Waals surface area (Å²) in [6.07, 6.45) is 1.79. The van der Waals surface area contributed by atoms with E-state index in [4.69, 9.17) is 4.74 Å². The quantitative estimate of drug-likeness (QED) is 0.745. The maximum absolute atomic E-state index is 12.8. The summed E-state index contributed by atoms with van der Waals surface area (Å²) in [4.78, 5) is 30.3. The van der Waals surface area contributed by atoms with E-state index in [1.165, 1.54) is 6.92 Å². The monoisotopic (exact) mass is 419 g/mol. The Morgan fingerprint density at radius 2 is 1.92 bits per heavy atom. The highest BCUT2D eigenvalue weighted by molar-refractivity contribution is 9.10. The fourth-order valence-electron chi connectivity index (χ4n) is 2.61. The number of hydrogen-bond acceptors (Lipinski definition) is 4. The predicted octanol–water partition coefficient (Wildman–Crippen LogP) is 3.47. The first-order chi connectivity index (χ1) is 12.4. The number of hydrogen-bond donors (Lipinski definition) is 1. The van der Waals surface area contributed by atoms with Gasteiger partial charge in [0.25, 0.3) is 0 Å². The van der Waals surface area contributed by atoms with Gasteiger partial charge in [-0.1, -0.05) is 12.1 Å². The van der Waals surface area contributed by atoms with E-state index in [-0.39, 0.29) is 18.2 Å². The average Bonchev–Trinajstić information content (AvgIpc) is 2.63. The molecule has 1 unspecified atom stereocenters. The van der Waals surface area contributed by atoms with Gasteiger partial charge in [0.05, 0.1) is 19.6 Å². The van der Waals surface area contributed by atoms with Gasteiger partial charge in [-0.3, -0.25) is 14.5 Å². The lowest BCUT2D eigenvalue weighted by molar-refractivity contribution is -0.121. The predicted molar refractivity (Wildman–Crippen MR) is 104 cm³/mol. The van der Waals surface area contributed by atoms with Gasteiger partial charge in [0.2, 0.25) is 11.8 Å². The molecule has 1 atom stereocenters. The summed E-state index contributed by atoms with van der Waals surface area (Å²) in [6.45, 7) is 3.82. The molecule has 0 aliphatic rings. The molecule has 1 heterocycles. The van der Waals surface area contributed by atoms with Gasteiger partial charge in [0, 0.05) is 24.1 Å². The second-order valence-electron chi connectivity index (χ2n) is 5.70. The molecule has 0 saturated carbocycles. The minimum Gasteiger partial charge on any atom is -0.497 e. The Balaban J connectivity index is 2.20. The smallest absolute Gasteiger partial charge is 0.230 e. The molecule has 7 heteroatoms. The van der Waals surface area contributed by atoms with Crippen LogP contribution in [0, 0.1) is 0 Å². The topological polar surface area (TPSA) is 71.5 Å². The Morgan fingerprint density at radius 3 is 2.42 bits per heavy atom. The molecular weight excluding hydrogens is 398 g/mol. The molecule has 6 nitrogen and oxygen atoms in total. The average molecular weight is 420 g/mol. The number of pyridine rings is 1. The zero-order chi connectivity index (χ0) is 19.1. The SMILES string of the molecule is CCN(C(=O)CC(NC(C)=O)c1ccc(OC)cc1)c1ccc(Br)cn1. The second-order valence-corrected chi connectivity index (χ2v) is 6.62. The molecule has 0 aliphatic carbocycles. The van der Waals surface area contributed by atoms with Crippen molar-refractivity contribution in [3.05, 3.63) is 52.6 Å². The zero-order valence-corrected chi connectivity index (χ0v) is 16.6. The van der Waals surface area contributed by atoms with E-state index in [1.807, 2.05) is 37.3 Å². The molecule has 1 N–H and O–H groups in total. The largest absolute Gasteiger partial charge is 0.497 e. The van der Waals surface area contributed by atoms with Crippen LogP contribution in [0.25, 0.3) is 0 Å². The van der Waals surface area contributed by atoms with Crippen LogP contribution in [-0.2, 0) is 9.59 Å². The van der Waals surface area contributed by atoms with Crippen molar-refractivity contribution < 1.29 is 14.3 Å². The van der Waals surface area contributed by atoms with Crippen molar-refractivity contribution in [1.82, 2.24) is 10.3 Å². The molecule has 0 saturated heterocycles. The standard InChI is InChI=1S/C19H22BrN3O3/c1-4-23(18-10-7-15(20)12-21-18)19(25)11-17(22-13(2)24)14-5-8-16(26-3)9-6-14/h5-10,12,17H,4,11H2,1-3H3,(H,22,24). The van der Waals surface area contributed by atoms with Crippen LogP contribution in [-0.4, -0.2) is 30.5 Å². The number of halogens is 1. The van der Waals surface area contributed by atoms with Crippen LogP contribution in [0.4, 0.5) is 5.82 Å². The molecule has 2 aromatic rings. The maximum atomic E-state index is 12.8. The summed E-state index contributed by atoms with van der Waals surface area (Å²) in [5.41, 5.74) is 0.842. The Hall–Kier alpha value is -2.41. The summed E-state index contributed by atoms with van der Waals surface area (Å²) < 4.78 is 6.01. The molecule has 0 aliphatic heterocycles. The molecule has 0 fully saturated rings. The number of aromatic nitrogens is 1. The van der Waals surface area contributed by atoms with E-state index in [1.54, 1.807) is 24.3 Å². The van der Waals surface area contributed by atoms with E-state index < -0.39 is 6.04 Å². The number of ether oxygens (including phenoxy) is 1. The first-order valence-corrected chi connectivity index (χ1v) is 9.06. The molecule has 2 rings (SSSR count). The molecule has 0 spiro atoms. The molecular formula is C19H22BrN3O3. The molecule has 2 amide bonds. The number of benzene rings is 1. The summed E-state index contributed by atoms with van der Waals surface area (Å²) in [6, 6.07) is 10.5. The number of nitrogens with one attached hydrogen (secondary N) is 1. The van der Waals surface area contributed by atoms with Crippen LogP contribution in [0.2, 0.25) is 0 Å². The van der Waals surface area contributed by atoms with Gasteiger partial charge in [0.15, 0.2) is 0 Å². The van der Waals surface area contributed by atoms with Gasteiger partial charge in [-0.25, -0.2) is 4.98 Å². The molecule has 138 valence electrons.